The summed E-state index contributed by atoms with van der Waals surface area (Å²) in [6.45, 7) is 3.25. The highest BCUT2D eigenvalue weighted by Crippen LogP contribution is 2.26. The molecule has 1 aliphatic heterocycles. The third-order valence-electron chi connectivity index (χ3n) is 5.36. The number of carboxylic acid groups (broad SMARTS) is 1. The molecule has 0 atom stereocenters. The number of benzene rings is 1. The molecule has 29 heavy (non-hydrogen) atoms. The van der Waals surface area contributed by atoms with Crippen LogP contribution in [-0.2, 0) is 4.79 Å². The van der Waals surface area contributed by atoms with E-state index in [4.69, 9.17) is 0 Å². The average molecular weight is 390 g/mol. The molecule has 1 fully saturated rings. The van der Waals surface area contributed by atoms with E-state index in [0.717, 1.165) is 22.2 Å². The molecular formula is C22H22N4O3. The van der Waals surface area contributed by atoms with Gasteiger partial charge in [0.15, 0.2) is 0 Å². The normalized spacial score (nSPS) is 14.7. The van der Waals surface area contributed by atoms with Gasteiger partial charge in [-0.1, -0.05) is 12.1 Å². The quantitative estimate of drug-likeness (QED) is 0.708. The zero-order chi connectivity index (χ0) is 20.4. The van der Waals surface area contributed by atoms with E-state index in [9.17, 15) is 14.7 Å². The molecule has 0 radical (unpaired) electrons. The third-order valence-corrected chi connectivity index (χ3v) is 5.36. The second-order valence-corrected chi connectivity index (χ2v) is 7.33. The smallest absolute Gasteiger partial charge is 0.306 e. The number of carbonyl (C=O) groups is 2. The van der Waals surface area contributed by atoms with E-state index in [1.165, 1.54) is 0 Å². The Bertz CT molecular complexity index is 1070. The minimum absolute atomic E-state index is 0.226. The van der Waals surface area contributed by atoms with E-state index < -0.39 is 5.97 Å². The van der Waals surface area contributed by atoms with Crippen molar-refractivity contribution >= 4 is 34.3 Å². The summed E-state index contributed by atoms with van der Waals surface area (Å²) in [6, 6.07) is 11.1. The van der Waals surface area contributed by atoms with Crippen LogP contribution < -0.4 is 10.2 Å². The van der Waals surface area contributed by atoms with Gasteiger partial charge in [-0.2, -0.15) is 0 Å². The predicted octanol–water partition coefficient (Wildman–Crippen LogP) is 3.49. The van der Waals surface area contributed by atoms with Crippen molar-refractivity contribution in [3.05, 3.63) is 59.9 Å². The van der Waals surface area contributed by atoms with Crippen molar-refractivity contribution in [1.29, 1.82) is 0 Å². The molecule has 0 aliphatic carbocycles. The largest absolute Gasteiger partial charge is 0.481 e. The first kappa shape index (κ1) is 18.9. The number of aliphatic carboxylic acids is 1. The number of nitrogens with zero attached hydrogens (tertiary/aromatic N) is 3. The van der Waals surface area contributed by atoms with Gasteiger partial charge >= 0.3 is 5.97 Å². The van der Waals surface area contributed by atoms with E-state index in [-0.39, 0.29) is 11.8 Å². The van der Waals surface area contributed by atoms with Gasteiger partial charge in [-0.3, -0.25) is 14.6 Å². The van der Waals surface area contributed by atoms with Gasteiger partial charge in [-0.05, 0) is 55.0 Å². The predicted molar refractivity (Wildman–Crippen MR) is 111 cm³/mol. The Morgan fingerprint density at radius 3 is 2.66 bits per heavy atom. The average Bonchev–Trinajstić information content (AvgIpc) is 2.74. The van der Waals surface area contributed by atoms with E-state index in [2.05, 4.69) is 20.2 Å². The molecule has 1 aliphatic rings. The maximum absolute atomic E-state index is 12.7. The maximum Gasteiger partial charge on any atom is 0.306 e. The molecule has 7 heteroatoms. The lowest BCUT2D eigenvalue weighted by molar-refractivity contribution is -0.142. The number of carbonyl (C=O) groups excluding carboxylic acids is 1. The number of piperidine rings is 1. The fourth-order valence-corrected chi connectivity index (χ4v) is 3.66. The Morgan fingerprint density at radius 2 is 1.90 bits per heavy atom. The highest BCUT2D eigenvalue weighted by molar-refractivity contribution is 6.06. The number of hydrogen-bond donors (Lipinski definition) is 2. The van der Waals surface area contributed by atoms with Crippen molar-refractivity contribution in [1.82, 2.24) is 9.97 Å². The number of anilines is 2. The summed E-state index contributed by atoms with van der Waals surface area (Å²) < 4.78 is 0. The number of nitrogens with one attached hydrogen (secondary N) is 1. The maximum atomic E-state index is 12.7. The molecule has 2 aromatic heterocycles. The number of pyridine rings is 2. The summed E-state index contributed by atoms with van der Waals surface area (Å²) in [5.41, 5.74) is 1.55. The highest BCUT2D eigenvalue weighted by Gasteiger charge is 2.26. The Hall–Kier alpha value is -3.48. The van der Waals surface area contributed by atoms with Gasteiger partial charge < -0.3 is 15.3 Å². The second kappa shape index (κ2) is 7.87. The monoisotopic (exact) mass is 390 g/mol. The summed E-state index contributed by atoms with van der Waals surface area (Å²) in [6.07, 6.45) is 4.65. The van der Waals surface area contributed by atoms with Crippen molar-refractivity contribution in [3.8, 4) is 0 Å². The van der Waals surface area contributed by atoms with Gasteiger partial charge in [0.05, 0.1) is 5.92 Å². The SMILES string of the molecule is Cc1ccc(NC(=O)c2ccc3cnccc3c2)nc1N1CCC(C(=O)O)CC1. The number of amides is 1. The van der Waals surface area contributed by atoms with E-state index in [1.54, 1.807) is 24.5 Å². The van der Waals surface area contributed by atoms with Crippen LogP contribution in [-0.4, -0.2) is 40.0 Å². The molecule has 0 unspecified atom stereocenters. The minimum atomic E-state index is -0.735. The van der Waals surface area contributed by atoms with Crippen LogP contribution in [0.4, 0.5) is 11.6 Å². The van der Waals surface area contributed by atoms with Crippen LogP contribution in [0, 0.1) is 12.8 Å². The molecule has 7 nitrogen and oxygen atoms in total. The molecule has 0 bridgehead atoms. The third kappa shape index (κ3) is 4.03. The lowest BCUT2D eigenvalue weighted by Crippen LogP contribution is -2.37. The van der Waals surface area contributed by atoms with Gasteiger partial charge in [0.1, 0.15) is 11.6 Å². The lowest BCUT2D eigenvalue weighted by atomic mass is 9.97. The van der Waals surface area contributed by atoms with Crippen LogP contribution in [0.25, 0.3) is 10.8 Å². The topological polar surface area (TPSA) is 95.4 Å². The molecule has 1 saturated heterocycles. The number of rotatable bonds is 4. The molecule has 0 spiro atoms. The second-order valence-electron chi connectivity index (χ2n) is 7.33. The van der Waals surface area contributed by atoms with Gasteiger partial charge in [0.25, 0.3) is 5.91 Å². The zero-order valence-electron chi connectivity index (χ0n) is 16.1. The number of aromatic nitrogens is 2. The molecule has 4 rings (SSSR count). The molecule has 2 N–H and O–H groups in total. The van der Waals surface area contributed by atoms with Gasteiger partial charge in [0.2, 0.25) is 0 Å². The first-order valence-corrected chi connectivity index (χ1v) is 9.62. The van der Waals surface area contributed by atoms with Crippen LogP contribution in [0.3, 0.4) is 0 Å². The highest BCUT2D eigenvalue weighted by atomic mass is 16.4. The van der Waals surface area contributed by atoms with Crippen molar-refractivity contribution in [2.24, 2.45) is 5.92 Å². The minimum Gasteiger partial charge on any atom is -0.481 e. The van der Waals surface area contributed by atoms with E-state index in [1.807, 2.05) is 31.2 Å². The summed E-state index contributed by atoms with van der Waals surface area (Å²) in [7, 11) is 0. The number of aryl methyl sites for hydroxylation is 1. The summed E-state index contributed by atoms with van der Waals surface area (Å²) in [5.74, 6) is 0.0108. The van der Waals surface area contributed by atoms with Crippen LogP contribution in [0.15, 0.2) is 48.8 Å². The zero-order valence-corrected chi connectivity index (χ0v) is 16.1. The summed E-state index contributed by atoms with van der Waals surface area (Å²) >= 11 is 0. The van der Waals surface area contributed by atoms with E-state index in [0.29, 0.717) is 37.3 Å². The molecule has 3 heterocycles. The molecule has 148 valence electrons. The Morgan fingerprint density at radius 1 is 1.10 bits per heavy atom. The van der Waals surface area contributed by atoms with E-state index >= 15 is 0 Å². The number of hydrogen-bond acceptors (Lipinski definition) is 5. The van der Waals surface area contributed by atoms with Crippen LogP contribution >= 0.6 is 0 Å². The standard InChI is InChI=1S/C22H22N4O3/c1-14-2-5-19(24-20(14)26-10-7-15(8-11-26)22(28)29)25-21(27)17-3-4-18-13-23-9-6-16(18)12-17/h2-6,9,12-13,15H,7-8,10-11H2,1H3,(H,28,29)(H,24,25,27). The molecule has 1 amide bonds. The van der Waals surface area contributed by atoms with Crippen molar-refractivity contribution in [3.63, 3.8) is 0 Å². The van der Waals surface area contributed by atoms with Crippen molar-refractivity contribution in [2.45, 2.75) is 19.8 Å². The van der Waals surface area contributed by atoms with Gasteiger partial charge in [-0.25, -0.2) is 4.98 Å². The van der Waals surface area contributed by atoms with Crippen LogP contribution in [0.2, 0.25) is 0 Å². The van der Waals surface area contributed by atoms with Gasteiger partial charge in [0, 0.05) is 36.4 Å². The number of carboxylic acids is 1. The number of fused-ring (bicyclic) bond motifs is 1. The lowest BCUT2D eigenvalue weighted by Gasteiger charge is -2.32. The Labute approximate surface area is 168 Å². The fraction of sp³-hybridized carbons (Fsp3) is 0.273. The molecular weight excluding hydrogens is 368 g/mol. The fourth-order valence-electron chi connectivity index (χ4n) is 3.66. The first-order chi connectivity index (χ1) is 14.0. The Balaban J connectivity index is 1.51. The molecule has 3 aromatic rings. The molecule has 0 saturated carbocycles. The van der Waals surface area contributed by atoms with Crippen LogP contribution in [0.1, 0.15) is 28.8 Å². The summed E-state index contributed by atoms with van der Waals surface area (Å²) in [5, 5.41) is 14.0. The first-order valence-electron chi connectivity index (χ1n) is 9.62. The summed E-state index contributed by atoms with van der Waals surface area (Å²) in [4.78, 5) is 34.7. The molecule has 1 aromatic carbocycles. The van der Waals surface area contributed by atoms with Crippen molar-refractivity contribution in [2.75, 3.05) is 23.3 Å². The van der Waals surface area contributed by atoms with Gasteiger partial charge in [-0.15, -0.1) is 0 Å². The van der Waals surface area contributed by atoms with Crippen molar-refractivity contribution < 1.29 is 14.7 Å². The Kier molecular flexibility index (Phi) is 5.12. The van der Waals surface area contributed by atoms with Crippen LogP contribution in [0.5, 0.6) is 0 Å².